The van der Waals surface area contributed by atoms with E-state index in [0.717, 1.165) is 19.4 Å². The minimum absolute atomic E-state index is 0.132. The molecule has 1 heterocycles. The molecule has 0 bridgehead atoms. The molecule has 3 aliphatic rings. The van der Waals surface area contributed by atoms with E-state index in [-0.39, 0.29) is 22.5 Å². The molecular formula is C17H30O2. The van der Waals surface area contributed by atoms with Crippen LogP contribution in [0.15, 0.2) is 0 Å². The Balaban J connectivity index is 1.69. The van der Waals surface area contributed by atoms with E-state index in [0.29, 0.717) is 11.8 Å². The Morgan fingerprint density at radius 3 is 2.16 bits per heavy atom. The molecule has 2 heteroatoms. The first-order valence-corrected chi connectivity index (χ1v) is 8.12. The summed E-state index contributed by atoms with van der Waals surface area (Å²) < 4.78 is 6.10. The summed E-state index contributed by atoms with van der Waals surface area (Å²) in [6.45, 7) is 10.1. The van der Waals surface area contributed by atoms with Crippen LogP contribution in [0.1, 0.15) is 66.2 Å². The molecule has 1 aliphatic heterocycles. The molecule has 1 spiro atoms. The van der Waals surface area contributed by atoms with Gasteiger partial charge in [0.05, 0.1) is 11.7 Å². The molecule has 0 amide bonds. The lowest BCUT2D eigenvalue weighted by Crippen LogP contribution is -2.42. The Kier molecular flexibility index (Phi) is 3.07. The third kappa shape index (κ3) is 1.98. The van der Waals surface area contributed by atoms with Crippen molar-refractivity contribution >= 4 is 0 Å². The second-order valence-electron chi connectivity index (χ2n) is 8.40. The highest BCUT2D eigenvalue weighted by Gasteiger charge is 2.68. The van der Waals surface area contributed by atoms with E-state index in [2.05, 4.69) is 27.7 Å². The Hall–Kier alpha value is -0.0800. The topological polar surface area (TPSA) is 29.5 Å². The fraction of sp³-hybridized carbons (Fsp3) is 1.00. The van der Waals surface area contributed by atoms with Crippen molar-refractivity contribution in [3.05, 3.63) is 0 Å². The summed E-state index contributed by atoms with van der Waals surface area (Å²) in [5.41, 5.74) is 0.703. The quantitative estimate of drug-likeness (QED) is 0.824. The van der Waals surface area contributed by atoms with Gasteiger partial charge < -0.3 is 9.84 Å². The van der Waals surface area contributed by atoms with Crippen molar-refractivity contribution in [1.82, 2.24) is 0 Å². The molecule has 0 radical (unpaired) electrons. The largest absolute Gasteiger partial charge is 0.393 e. The standard InChI is InChI=1S/C17H30O2/c1-15(2)14(16(15,3)4)13(18)12-7-10-19-17(11-12)8-5-6-9-17/h12-14,18H,5-11H2,1-4H3. The van der Waals surface area contributed by atoms with Gasteiger partial charge in [0.2, 0.25) is 0 Å². The van der Waals surface area contributed by atoms with Crippen molar-refractivity contribution in [2.45, 2.75) is 77.9 Å². The molecule has 1 saturated heterocycles. The van der Waals surface area contributed by atoms with E-state index in [1.54, 1.807) is 0 Å². The van der Waals surface area contributed by atoms with Crippen LogP contribution in [0.3, 0.4) is 0 Å². The van der Waals surface area contributed by atoms with Crippen LogP contribution in [0.25, 0.3) is 0 Å². The molecule has 0 aromatic rings. The fourth-order valence-corrected chi connectivity index (χ4v) is 5.10. The Morgan fingerprint density at radius 2 is 1.63 bits per heavy atom. The fourth-order valence-electron chi connectivity index (χ4n) is 5.10. The third-order valence-electron chi connectivity index (χ3n) is 7.00. The van der Waals surface area contributed by atoms with Crippen molar-refractivity contribution in [3.63, 3.8) is 0 Å². The molecule has 3 rings (SSSR count). The maximum absolute atomic E-state index is 10.9. The Bertz CT molecular complexity index is 338. The normalized spacial score (nSPS) is 37.4. The van der Waals surface area contributed by atoms with E-state index in [4.69, 9.17) is 4.74 Å². The molecule has 2 unspecified atom stereocenters. The zero-order chi connectivity index (χ0) is 13.9. The van der Waals surface area contributed by atoms with E-state index in [1.165, 1.54) is 25.7 Å². The van der Waals surface area contributed by atoms with Crippen LogP contribution in [-0.2, 0) is 4.74 Å². The van der Waals surface area contributed by atoms with Crippen molar-refractivity contribution in [1.29, 1.82) is 0 Å². The predicted molar refractivity (Wildman–Crippen MR) is 76.9 cm³/mol. The van der Waals surface area contributed by atoms with Crippen molar-refractivity contribution in [2.75, 3.05) is 6.61 Å². The molecule has 0 aromatic carbocycles. The van der Waals surface area contributed by atoms with Gasteiger partial charge in [-0.3, -0.25) is 0 Å². The van der Waals surface area contributed by atoms with E-state index < -0.39 is 0 Å². The molecule has 2 saturated carbocycles. The van der Waals surface area contributed by atoms with Crippen molar-refractivity contribution < 1.29 is 9.84 Å². The number of ether oxygens (including phenoxy) is 1. The molecule has 2 atom stereocenters. The van der Waals surface area contributed by atoms with Gasteiger partial charge >= 0.3 is 0 Å². The Morgan fingerprint density at radius 1 is 1.05 bits per heavy atom. The molecule has 19 heavy (non-hydrogen) atoms. The zero-order valence-corrected chi connectivity index (χ0v) is 13.0. The smallest absolute Gasteiger partial charge is 0.0686 e. The summed E-state index contributed by atoms with van der Waals surface area (Å²) in [5.74, 6) is 0.916. The van der Waals surface area contributed by atoms with Gasteiger partial charge in [0.15, 0.2) is 0 Å². The average Bonchev–Trinajstić information content (AvgIpc) is 2.68. The summed E-state index contributed by atoms with van der Waals surface area (Å²) in [5, 5.41) is 10.9. The molecule has 0 aromatic heterocycles. The second kappa shape index (κ2) is 4.21. The summed E-state index contributed by atoms with van der Waals surface area (Å²) in [7, 11) is 0. The third-order valence-corrected chi connectivity index (χ3v) is 7.00. The summed E-state index contributed by atoms with van der Waals surface area (Å²) in [6, 6.07) is 0. The Labute approximate surface area is 117 Å². The minimum atomic E-state index is -0.133. The van der Waals surface area contributed by atoms with Gasteiger partial charge in [-0.1, -0.05) is 40.5 Å². The highest BCUT2D eigenvalue weighted by Crippen LogP contribution is 2.70. The van der Waals surface area contributed by atoms with Gasteiger partial charge in [-0.15, -0.1) is 0 Å². The SMILES string of the molecule is CC1(C)C(C(O)C2CCOC3(CCCC3)C2)C1(C)C. The van der Waals surface area contributed by atoms with Crippen LogP contribution in [0.2, 0.25) is 0 Å². The maximum atomic E-state index is 10.9. The van der Waals surface area contributed by atoms with Gasteiger partial charge in [0.1, 0.15) is 0 Å². The van der Waals surface area contributed by atoms with Gasteiger partial charge in [0.25, 0.3) is 0 Å². The molecular weight excluding hydrogens is 236 g/mol. The number of rotatable bonds is 2. The van der Waals surface area contributed by atoms with Crippen LogP contribution < -0.4 is 0 Å². The van der Waals surface area contributed by atoms with Gasteiger partial charge in [0, 0.05) is 6.61 Å². The average molecular weight is 266 g/mol. The van der Waals surface area contributed by atoms with E-state index in [9.17, 15) is 5.11 Å². The molecule has 2 aliphatic carbocycles. The second-order valence-corrected chi connectivity index (χ2v) is 8.40. The number of hydrogen-bond donors (Lipinski definition) is 1. The number of aliphatic hydroxyl groups excluding tert-OH is 1. The summed E-state index contributed by atoms with van der Waals surface area (Å²) in [4.78, 5) is 0. The first-order valence-electron chi connectivity index (χ1n) is 8.12. The van der Waals surface area contributed by atoms with E-state index >= 15 is 0 Å². The summed E-state index contributed by atoms with van der Waals surface area (Å²) >= 11 is 0. The van der Waals surface area contributed by atoms with E-state index in [1.807, 2.05) is 0 Å². The lowest BCUT2D eigenvalue weighted by molar-refractivity contribution is -0.117. The number of hydrogen-bond acceptors (Lipinski definition) is 2. The van der Waals surface area contributed by atoms with Crippen LogP contribution in [0.4, 0.5) is 0 Å². The zero-order valence-electron chi connectivity index (χ0n) is 13.0. The molecule has 3 fully saturated rings. The summed E-state index contributed by atoms with van der Waals surface area (Å²) in [6.07, 6.45) is 7.06. The molecule has 110 valence electrons. The lowest BCUT2D eigenvalue weighted by atomic mass is 9.79. The number of aliphatic hydroxyl groups is 1. The lowest BCUT2D eigenvalue weighted by Gasteiger charge is -2.40. The van der Waals surface area contributed by atoms with Crippen LogP contribution >= 0.6 is 0 Å². The maximum Gasteiger partial charge on any atom is 0.0686 e. The van der Waals surface area contributed by atoms with Crippen LogP contribution in [-0.4, -0.2) is 23.4 Å². The van der Waals surface area contributed by atoms with Gasteiger partial charge in [-0.05, 0) is 48.3 Å². The van der Waals surface area contributed by atoms with Gasteiger partial charge in [-0.2, -0.15) is 0 Å². The van der Waals surface area contributed by atoms with Crippen molar-refractivity contribution in [3.8, 4) is 0 Å². The minimum Gasteiger partial charge on any atom is -0.393 e. The molecule has 2 nitrogen and oxygen atoms in total. The first-order chi connectivity index (χ1) is 8.80. The monoisotopic (exact) mass is 266 g/mol. The van der Waals surface area contributed by atoms with Gasteiger partial charge in [-0.25, -0.2) is 0 Å². The van der Waals surface area contributed by atoms with Crippen LogP contribution in [0.5, 0.6) is 0 Å². The van der Waals surface area contributed by atoms with Crippen molar-refractivity contribution in [2.24, 2.45) is 22.7 Å². The molecule has 1 N–H and O–H groups in total. The highest BCUT2D eigenvalue weighted by molar-refractivity contribution is 5.16. The predicted octanol–water partition coefficient (Wildman–Crippen LogP) is 3.77. The highest BCUT2D eigenvalue weighted by atomic mass is 16.5. The van der Waals surface area contributed by atoms with Crippen LogP contribution in [0, 0.1) is 22.7 Å². The first kappa shape index (κ1) is 13.9.